The van der Waals surface area contributed by atoms with Crippen LogP contribution in [0, 0.1) is 0 Å². The highest BCUT2D eigenvalue weighted by Gasteiger charge is 2.35. The number of hydrogen-bond donors (Lipinski definition) is 0. The van der Waals surface area contributed by atoms with E-state index in [-0.39, 0.29) is 28.2 Å². The largest absolute Gasteiger partial charge is 0.416 e. The molecule has 0 spiro atoms. The second-order valence-corrected chi connectivity index (χ2v) is 8.45. The van der Waals surface area contributed by atoms with Gasteiger partial charge in [0.2, 0.25) is 0 Å². The summed E-state index contributed by atoms with van der Waals surface area (Å²) in [6.07, 6.45) is -5.61. The van der Waals surface area contributed by atoms with Crippen LogP contribution >= 0.6 is 0 Å². The van der Waals surface area contributed by atoms with Gasteiger partial charge in [0.25, 0.3) is 0 Å². The van der Waals surface area contributed by atoms with E-state index >= 15 is 0 Å². The van der Waals surface area contributed by atoms with Crippen LogP contribution in [0.4, 0.5) is 13.2 Å². The molecular weight excluding hydrogens is 437 g/mol. The molecule has 2 fully saturated rings. The first-order chi connectivity index (χ1) is 21.4. The summed E-state index contributed by atoms with van der Waals surface area (Å²) in [4.78, 5) is 5.87. The van der Waals surface area contributed by atoms with Gasteiger partial charge in [0.05, 0.1) is 11.3 Å². The van der Waals surface area contributed by atoms with E-state index in [2.05, 4.69) is 5.16 Å². The Bertz CT molecular complexity index is 1470. The molecule has 1 saturated heterocycles. The third-order valence-corrected chi connectivity index (χ3v) is 6.14. The van der Waals surface area contributed by atoms with E-state index < -0.39 is 75.6 Å². The van der Waals surface area contributed by atoms with E-state index in [1.54, 1.807) is 0 Å². The normalized spacial score (nSPS) is 28.4. The van der Waals surface area contributed by atoms with E-state index in [1.165, 1.54) is 12.1 Å². The average Bonchev–Trinajstić information content (AvgIpc) is 2.96. The average molecular weight is 486 g/mol. The standard InChI is InChI=1S/C28H35F3N2O/c1-3-22-17-24(11-12-25(22)18-33-14-7-15-33)20(2)32-34-19-21-10-13-26(23-8-5-4-6-9-23)27(16-21)28(29,30)31/h10-13,16-17,23H,3-9,14-15,18-19H2,1-2H3/b32-20+/i1D3,2D3,3D2,7D,14D2,15D2. The van der Waals surface area contributed by atoms with Crippen LogP contribution in [0.5, 0.6) is 0 Å². The van der Waals surface area contributed by atoms with Crippen molar-refractivity contribution in [2.24, 2.45) is 5.16 Å². The van der Waals surface area contributed by atoms with Crippen molar-refractivity contribution in [1.82, 2.24) is 4.90 Å². The first-order valence-corrected chi connectivity index (χ1v) is 11.1. The van der Waals surface area contributed by atoms with E-state index in [4.69, 9.17) is 22.7 Å². The summed E-state index contributed by atoms with van der Waals surface area (Å²) in [7, 11) is 0. The Kier molecular flexibility index (Phi) is 4.21. The van der Waals surface area contributed by atoms with Crippen molar-refractivity contribution in [3.63, 3.8) is 0 Å². The van der Waals surface area contributed by atoms with E-state index in [0.29, 0.717) is 17.7 Å². The lowest BCUT2D eigenvalue weighted by molar-refractivity contribution is -0.138. The molecule has 0 N–H and O–H groups in total. The highest BCUT2D eigenvalue weighted by molar-refractivity contribution is 5.98. The Labute approximate surface area is 219 Å². The van der Waals surface area contributed by atoms with Crippen LogP contribution in [0.3, 0.4) is 0 Å². The zero-order valence-electron chi connectivity index (χ0n) is 31.5. The maximum atomic E-state index is 14.0. The van der Waals surface area contributed by atoms with Gasteiger partial charge >= 0.3 is 6.18 Å². The molecule has 0 unspecified atom stereocenters. The summed E-state index contributed by atoms with van der Waals surface area (Å²) >= 11 is 0. The van der Waals surface area contributed by atoms with Crippen LogP contribution in [0.25, 0.3) is 0 Å². The third-order valence-electron chi connectivity index (χ3n) is 6.14. The number of halogens is 3. The maximum Gasteiger partial charge on any atom is 0.416 e. The molecule has 184 valence electrons. The first kappa shape index (κ1) is 13.1. The molecule has 1 aliphatic heterocycles. The first-order valence-electron chi connectivity index (χ1n) is 17.7. The Hall–Kier alpha value is -2.34. The Morgan fingerprint density at radius 3 is 2.71 bits per heavy atom. The van der Waals surface area contributed by atoms with Crippen molar-refractivity contribution in [2.75, 3.05) is 13.0 Å². The van der Waals surface area contributed by atoms with Crippen molar-refractivity contribution in [2.45, 2.75) is 83.8 Å². The zero-order valence-corrected chi connectivity index (χ0v) is 18.5. The van der Waals surface area contributed by atoms with Gasteiger partial charge in [-0.2, -0.15) is 13.2 Å². The molecule has 0 amide bonds. The highest BCUT2D eigenvalue weighted by Crippen LogP contribution is 2.41. The van der Waals surface area contributed by atoms with Gasteiger partial charge in [0, 0.05) is 24.4 Å². The number of alkyl halides is 3. The monoisotopic (exact) mass is 485 g/mol. The molecule has 0 atom stereocenters. The molecule has 0 radical (unpaired) electrons. The Balaban J connectivity index is 1.69. The topological polar surface area (TPSA) is 24.8 Å². The summed E-state index contributed by atoms with van der Waals surface area (Å²) in [5.74, 6) is -0.226. The van der Waals surface area contributed by atoms with E-state index in [0.717, 1.165) is 43.5 Å². The van der Waals surface area contributed by atoms with Crippen LogP contribution in [0.2, 0.25) is 0 Å². The summed E-state index contributed by atoms with van der Waals surface area (Å²) in [6.45, 7) is -12.4. The fraction of sp³-hybridized carbons (Fsp3) is 0.536. The van der Waals surface area contributed by atoms with Crippen LogP contribution in [0.15, 0.2) is 41.6 Å². The molecule has 1 heterocycles. The summed E-state index contributed by atoms with van der Waals surface area (Å²) in [5, 5.41) is 3.68. The molecule has 0 aromatic heterocycles. The van der Waals surface area contributed by atoms with Crippen LogP contribution < -0.4 is 0 Å². The molecule has 4 rings (SSSR count). The lowest BCUT2D eigenvalue weighted by Gasteiger charge is -2.31. The zero-order chi connectivity index (χ0) is 35.4. The predicted octanol–water partition coefficient (Wildman–Crippen LogP) is 7.46. The van der Waals surface area contributed by atoms with Crippen molar-refractivity contribution in [1.29, 1.82) is 0 Å². The molecule has 34 heavy (non-hydrogen) atoms. The Morgan fingerprint density at radius 2 is 1.97 bits per heavy atom. The minimum absolute atomic E-state index is 0.0751. The van der Waals surface area contributed by atoms with Gasteiger partial charge in [0.1, 0.15) is 6.61 Å². The van der Waals surface area contributed by atoms with Gasteiger partial charge in [-0.1, -0.05) is 55.5 Å². The summed E-state index contributed by atoms with van der Waals surface area (Å²) < 4.78 is 146. The van der Waals surface area contributed by atoms with Gasteiger partial charge < -0.3 is 4.84 Å². The maximum absolute atomic E-state index is 14.0. The predicted molar refractivity (Wildman–Crippen MR) is 130 cm³/mol. The molecule has 1 aliphatic carbocycles. The van der Waals surface area contributed by atoms with Gasteiger partial charge in [-0.15, -0.1) is 0 Å². The minimum atomic E-state index is -4.63. The van der Waals surface area contributed by atoms with Gasteiger partial charge in [-0.05, 0) is 91.3 Å². The fourth-order valence-corrected chi connectivity index (χ4v) is 4.33. The molecule has 3 nitrogen and oxygen atoms in total. The number of aryl methyl sites for hydroxylation is 1. The SMILES string of the molecule is [2H]C1C([2H])([2H])N(Cc2ccc(/C(=N/OCc3ccc(C4CCCCC4)c(C(F)(F)F)c3)C([2H])([2H])[2H])cc2C([2H])([2H])C([2H])([2H])[2H])C1([2H])[2H]. The van der Waals surface area contributed by atoms with Crippen LogP contribution in [0.1, 0.15) is 109 Å². The molecule has 6 heteroatoms. The number of nitrogens with zero attached hydrogens (tertiary/aromatic N) is 2. The lowest BCUT2D eigenvalue weighted by atomic mass is 9.81. The van der Waals surface area contributed by atoms with E-state index in [1.807, 2.05) is 0 Å². The fourth-order valence-electron chi connectivity index (χ4n) is 4.33. The highest BCUT2D eigenvalue weighted by atomic mass is 19.4. The Morgan fingerprint density at radius 1 is 1.15 bits per heavy atom. The molecular formula is C28H35F3N2O. The van der Waals surface area contributed by atoms with E-state index in [9.17, 15) is 13.2 Å². The molecule has 2 aliphatic rings. The quantitative estimate of drug-likeness (QED) is 0.286. The van der Waals surface area contributed by atoms with Gasteiger partial charge in [-0.3, -0.25) is 4.90 Å². The molecule has 2 aromatic rings. The second kappa shape index (κ2) is 10.9. The minimum Gasteiger partial charge on any atom is -0.391 e. The van der Waals surface area contributed by atoms with Gasteiger partial charge in [-0.25, -0.2) is 0 Å². The van der Waals surface area contributed by atoms with Crippen LogP contribution in [-0.2, 0) is 30.5 Å². The summed E-state index contributed by atoms with van der Waals surface area (Å²) in [5.41, 5.74) is -2.33. The lowest BCUT2D eigenvalue weighted by Crippen LogP contribution is -2.36. The number of oxime groups is 1. The molecule has 1 saturated carbocycles. The molecule has 0 bridgehead atoms. The smallest absolute Gasteiger partial charge is 0.391 e. The number of benzene rings is 2. The van der Waals surface area contributed by atoms with Crippen molar-refractivity contribution < 1.29 is 35.8 Å². The summed E-state index contributed by atoms with van der Waals surface area (Å²) in [6, 6.07) is 6.97. The number of hydrogen-bond acceptors (Lipinski definition) is 3. The van der Waals surface area contributed by atoms with Crippen molar-refractivity contribution in [3.8, 4) is 0 Å². The van der Waals surface area contributed by atoms with Crippen LogP contribution in [-0.4, -0.2) is 23.6 Å². The van der Waals surface area contributed by atoms with Gasteiger partial charge in [0.15, 0.2) is 0 Å². The number of rotatable bonds is 8. The molecule has 2 aromatic carbocycles. The van der Waals surface area contributed by atoms with Crippen molar-refractivity contribution in [3.05, 3.63) is 69.8 Å². The number of likely N-dealkylation sites (tertiary alicyclic amines) is 1. The van der Waals surface area contributed by atoms with Crippen molar-refractivity contribution >= 4 is 5.71 Å². The second-order valence-electron chi connectivity index (χ2n) is 8.45. The third kappa shape index (κ3) is 6.01.